The molecule has 20 heavy (non-hydrogen) atoms. The predicted molar refractivity (Wildman–Crippen MR) is 76.4 cm³/mol. The van der Waals surface area contributed by atoms with E-state index < -0.39 is 23.7 Å². The van der Waals surface area contributed by atoms with Gasteiger partial charge in [0.15, 0.2) is 0 Å². The number of aromatic nitrogens is 2. The lowest BCUT2D eigenvalue weighted by molar-refractivity contribution is -0.141. The molecule has 0 saturated heterocycles. The van der Waals surface area contributed by atoms with E-state index in [4.69, 9.17) is 5.73 Å². The average molecular weight is 349 g/mol. The maximum atomic E-state index is 11.9. The second kappa shape index (κ2) is 7.36. The van der Waals surface area contributed by atoms with Crippen LogP contribution in [0, 0.1) is 0 Å². The molecule has 4 N–H and O–H groups in total. The molecule has 1 aromatic heterocycles. The summed E-state index contributed by atoms with van der Waals surface area (Å²) in [6, 6.07) is -0.473. The zero-order chi connectivity index (χ0) is 15.3. The van der Waals surface area contributed by atoms with Crippen LogP contribution in [0.25, 0.3) is 0 Å². The van der Waals surface area contributed by atoms with Crippen LogP contribution in [0.1, 0.15) is 6.92 Å². The van der Waals surface area contributed by atoms with Gasteiger partial charge >= 0.3 is 5.97 Å². The molecule has 0 saturated carbocycles. The number of aliphatic hydroxyl groups excluding tert-OH is 1. The van der Waals surface area contributed by atoms with Crippen molar-refractivity contribution in [3.05, 3.63) is 21.0 Å². The number of nitrogens with zero attached hydrogens (tertiary/aromatic N) is 2. The van der Waals surface area contributed by atoms with Gasteiger partial charge in [0.2, 0.25) is 0 Å². The number of ether oxygens (including phenoxy) is 1. The fourth-order valence-electron chi connectivity index (χ4n) is 1.29. The quantitative estimate of drug-likeness (QED) is 0.581. The number of methoxy groups -OCH3 is 1. The zero-order valence-electron chi connectivity index (χ0n) is 11.2. The van der Waals surface area contributed by atoms with Crippen molar-refractivity contribution in [3.63, 3.8) is 0 Å². The summed E-state index contributed by atoms with van der Waals surface area (Å²) < 4.78 is 5.68. The molecule has 0 fully saturated rings. The van der Waals surface area contributed by atoms with Crippen LogP contribution in [-0.4, -0.2) is 46.7 Å². The molecule has 0 aromatic carbocycles. The minimum Gasteiger partial charge on any atom is -0.468 e. The molecule has 0 aliphatic heterocycles. The number of nitrogens with one attached hydrogen (secondary N) is 1. The van der Waals surface area contributed by atoms with E-state index in [0.717, 1.165) is 4.68 Å². The minimum absolute atomic E-state index is 0.231. The topological polar surface area (TPSA) is 119 Å². The van der Waals surface area contributed by atoms with Crippen molar-refractivity contribution >= 4 is 27.6 Å². The summed E-state index contributed by atoms with van der Waals surface area (Å²) in [6.45, 7) is 1.59. The number of carbonyl (C=O) groups excluding carboxylic acids is 1. The number of hydrogen-bond donors (Lipinski definition) is 3. The van der Waals surface area contributed by atoms with Crippen LogP contribution in [0.2, 0.25) is 0 Å². The largest absolute Gasteiger partial charge is 0.468 e. The fourth-order valence-corrected chi connectivity index (χ4v) is 1.73. The highest BCUT2D eigenvalue weighted by molar-refractivity contribution is 9.10. The summed E-state index contributed by atoms with van der Waals surface area (Å²) in [5, 5.41) is 16.0. The molecule has 0 aliphatic rings. The van der Waals surface area contributed by atoms with Gasteiger partial charge in [-0.2, -0.15) is 5.10 Å². The van der Waals surface area contributed by atoms with Crippen molar-refractivity contribution in [1.29, 1.82) is 0 Å². The van der Waals surface area contributed by atoms with Crippen molar-refractivity contribution in [2.45, 2.75) is 25.6 Å². The second-order valence-electron chi connectivity index (χ2n) is 4.20. The van der Waals surface area contributed by atoms with Crippen molar-refractivity contribution in [2.75, 3.05) is 19.0 Å². The number of rotatable bonds is 6. The van der Waals surface area contributed by atoms with E-state index in [-0.39, 0.29) is 17.6 Å². The number of halogens is 1. The van der Waals surface area contributed by atoms with Gasteiger partial charge in [0.05, 0.1) is 25.1 Å². The Labute approximate surface area is 124 Å². The van der Waals surface area contributed by atoms with Crippen LogP contribution in [-0.2, 0) is 16.1 Å². The predicted octanol–water partition coefficient (Wildman–Crippen LogP) is -0.701. The van der Waals surface area contributed by atoms with Gasteiger partial charge in [-0.25, -0.2) is 4.68 Å². The van der Waals surface area contributed by atoms with E-state index >= 15 is 0 Å². The Hall–Kier alpha value is -1.45. The molecule has 1 aromatic rings. The third-order valence-corrected chi connectivity index (χ3v) is 3.41. The molecule has 112 valence electrons. The highest BCUT2D eigenvalue weighted by atomic mass is 79.9. The molecule has 0 aliphatic carbocycles. The Bertz CT molecular complexity index is 532. The van der Waals surface area contributed by atoms with Gasteiger partial charge in [-0.05, 0) is 22.9 Å². The highest BCUT2D eigenvalue weighted by Crippen LogP contribution is 2.16. The second-order valence-corrected chi connectivity index (χ2v) is 4.99. The van der Waals surface area contributed by atoms with Gasteiger partial charge in [-0.1, -0.05) is 0 Å². The molecule has 2 unspecified atom stereocenters. The molecule has 2 atom stereocenters. The van der Waals surface area contributed by atoms with E-state index in [1.165, 1.54) is 13.3 Å². The lowest BCUT2D eigenvalue weighted by Crippen LogP contribution is -2.39. The van der Waals surface area contributed by atoms with Crippen LogP contribution in [0.3, 0.4) is 0 Å². The summed E-state index contributed by atoms with van der Waals surface area (Å²) in [6.07, 6.45) is 0.720. The molecule has 9 heteroatoms. The van der Waals surface area contributed by atoms with E-state index in [9.17, 15) is 14.7 Å². The normalized spacial score (nSPS) is 13.7. The average Bonchev–Trinajstić information content (AvgIpc) is 2.42. The first-order chi connectivity index (χ1) is 9.36. The van der Waals surface area contributed by atoms with E-state index in [1.807, 2.05) is 0 Å². The van der Waals surface area contributed by atoms with Gasteiger partial charge in [0.1, 0.15) is 11.0 Å². The van der Waals surface area contributed by atoms with Gasteiger partial charge in [0.25, 0.3) is 5.56 Å². The van der Waals surface area contributed by atoms with Gasteiger partial charge in [0, 0.05) is 12.6 Å². The Balaban J connectivity index is 2.84. The molecule has 8 nitrogen and oxygen atoms in total. The SMILES string of the molecule is COC(=O)Cn1ncc(NCC(N)C(C)O)c(Br)c1=O. The molecule has 1 heterocycles. The van der Waals surface area contributed by atoms with E-state index in [1.54, 1.807) is 6.92 Å². The number of aliphatic hydroxyl groups is 1. The van der Waals surface area contributed by atoms with Crippen molar-refractivity contribution in [2.24, 2.45) is 5.73 Å². The van der Waals surface area contributed by atoms with Crippen LogP contribution < -0.4 is 16.6 Å². The first-order valence-corrected chi connectivity index (χ1v) is 6.66. The Kier molecular flexibility index (Phi) is 6.11. The van der Waals surface area contributed by atoms with E-state index in [2.05, 4.69) is 31.1 Å². The van der Waals surface area contributed by atoms with Gasteiger partial charge in [-0.15, -0.1) is 0 Å². The maximum Gasteiger partial charge on any atom is 0.327 e. The fraction of sp³-hybridized carbons (Fsp3) is 0.545. The third-order valence-electron chi connectivity index (χ3n) is 2.64. The van der Waals surface area contributed by atoms with Crippen molar-refractivity contribution in [3.8, 4) is 0 Å². The van der Waals surface area contributed by atoms with Gasteiger partial charge in [-0.3, -0.25) is 9.59 Å². The lowest BCUT2D eigenvalue weighted by atomic mass is 10.2. The third kappa shape index (κ3) is 4.29. The summed E-state index contributed by atoms with van der Waals surface area (Å²) >= 11 is 3.14. The number of esters is 1. The number of hydrogen-bond acceptors (Lipinski definition) is 7. The van der Waals surface area contributed by atoms with Crippen LogP contribution >= 0.6 is 15.9 Å². The smallest absolute Gasteiger partial charge is 0.327 e. The van der Waals surface area contributed by atoms with E-state index in [0.29, 0.717) is 5.69 Å². The molecule has 0 bridgehead atoms. The molecular formula is C11H17BrN4O4. The maximum absolute atomic E-state index is 11.9. The Morgan fingerprint density at radius 2 is 2.35 bits per heavy atom. The first kappa shape index (κ1) is 16.6. The summed E-state index contributed by atoms with van der Waals surface area (Å²) in [5.41, 5.74) is 5.64. The molecule has 0 spiro atoms. The summed E-state index contributed by atoms with van der Waals surface area (Å²) in [7, 11) is 1.23. The standard InChI is InChI=1S/C11H17BrN4O4/c1-6(17)7(13)3-14-8-4-15-16(5-9(18)20-2)11(19)10(8)12/h4,6-7,14,17H,3,5,13H2,1-2H3. The molecular weight excluding hydrogens is 332 g/mol. The van der Waals surface area contributed by atoms with Gasteiger partial charge < -0.3 is 20.9 Å². The minimum atomic E-state index is -0.672. The summed E-state index contributed by atoms with van der Waals surface area (Å²) in [4.78, 5) is 23.1. The summed E-state index contributed by atoms with van der Waals surface area (Å²) in [5.74, 6) is -0.566. The molecule has 0 radical (unpaired) electrons. The number of nitrogens with two attached hydrogens (primary N) is 1. The first-order valence-electron chi connectivity index (χ1n) is 5.86. The van der Waals surface area contributed by atoms with Crippen molar-refractivity contribution < 1.29 is 14.6 Å². The number of carbonyl (C=O) groups is 1. The lowest BCUT2D eigenvalue weighted by Gasteiger charge is -2.16. The Morgan fingerprint density at radius 3 is 2.90 bits per heavy atom. The Morgan fingerprint density at radius 1 is 1.70 bits per heavy atom. The molecule has 0 amide bonds. The molecule has 1 rings (SSSR count). The van der Waals surface area contributed by atoms with Crippen molar-refractivity contribution in [1.82, 2.24) is 9.78 Å². The highest BCUT2D eigenvalue weighted by Gasteiger charge is 2.14. The van der Waals surface area contributed by atoms with Crippen LogP contribution in [0.15, 0.2) is 15.5 Å². The van der Waals surface area contributed by atoms with Crippen LogP contribution in [0.5, 0.6) is 0 Å². The monoisotopic (exact) mass is 348 g/mol. The number of anilines is 1. The van der Waals surface area contributed by atoms with Crippen LogP contribution in [0.4, 0.5) is 5.69 Å². The zero-order valence-corrected chi connectivity index (χ0v) is 12.8.